The molecule has 0 aliphatic rings. The molecule has 152 valence electrons. The maximum Gasteiger partial charge on any atom is 0.341 e. The minimum absolute atomic E-state index is 0.223. The van der Waals surface area contributed by atoms with E-state index in [1.807, 2.05) is 35.7 Å². The zero-order valence-corrected chi connectivity index (χ0v) is 18.7. The van der Waals surface area contributed by atoms with Gasteiger partial charge < -0.3 is 15.4 Å². The van der Waals surface area contributed by atoms with Crippen LogP contribution in [0.2, 0.25) is 0 Å². The van der Waals surface area contributed by atoms with Crippen molar-refractivity contribution in [3.8, 4) is 11.1 Å². The Morgan fingerprint density at radius 3 is 2.36 bits per heavy atom. The van der Waals surface area contributed by atoms with E-state index in [1.54, 1.807) is 20.8 Å². The Labute approximate surface area is 183 Å². The van der Waals surface area contributed by atoms with Crippen LogP contribution in [0.15, 0.2) is 35.7 Å². The van der Waals surface area contributed by atoms with E-state index >= 15 is 0 Å². The fraction of sp³-hybridized carbons (Fsp3) is 0.368. The minimum atomic E-state index is -1.84. The number of benzene rings is 1. The molecule has 1 aromatic carbocycles. The van der Waals surface area contributed by atoms with Gasteiger partial charge in [-0.15, -0.1) is 11.3 Å². The van der Waals surface area contributed by atoms with Crippen LogP contribution in [0.25, 0.3) is 11.1 Å². The number of esters is 1. The molecule has 2 aromatic rings. The van der Waals surface area contributed by atoms with Gasteiger partial charge in [0.2, 0.25) is 9.70 Å². The Morgan fingerprint density at radius 1 is 1.18 bits per heavy atom. The van der Waals surface area contributed by atoms with Gasteiger partial charge in [0.1, 0.15) is 16.7 Å². The van der Waals surface area contributed by atoms with Crippen molar-refractivity contribution in [3.05, 3.63) is 41.3 Å². The SMILES string of the molecule is CCOC(=O)c1c(-c2ccccc2)csc1N[C@H](NC(=O)C(C)C)C(Cl)(Cl)Cl. The van der Waals surface area contributed by atoms with Gasteiger partial charge in [-0.05, 0) is 12.5 Å². The first kappa shape index (κ1) is 22.8. The molecule has 5 nitrogen and oxygen atoms in total. The number of nitrogens with one attached hydrogen (secondary N) is 2. The standard InChI is InChI=1S/C19H21Cl3N2O3S/c1-4-27-17(26)14-13(12-8-6-5-7-9-12)10-28-16(14)24-18(19(20,21)22)23-15(25)11(2)3/h5-11,18,24H,4H2,1-3H3,(H,23,25)/t18-/m0/s1. The van der Waals surface area contributed by atoms with Gasteiger partial charge in [0.25, 0.3) is 0 Å². The predicted molar refractivity (Wildman–Crippen MR) is 116 cm³/mol. The molecule has 1 aromatic heterocycles. The number of hydrogen-bond donors (Lipinski definition) is 2. The predicted octanol–water partition coefficient (Wildman–Crippen LogP) is 5.47. The van der Waals surface area contributed by atoms with Crippen molar-refractivity contribution < 1.29 is 14.3 Å². The average Bonchev–Trinajstić information content (AvgIpc) is 3.05. The topological polar surface area (TPSA) is 67.4 Å². The average molecular weight is 464 g/mol. The van der Waals surface area contributed by atoms with Gasteiger partial charge in [-0.2, -0.15) is 0 Å². The summed E-state index contributed by atoms with van der Waals surface area (Å²) >= 11 is 19.4. The highest BCUT2D eigenvalue weighted by atomic mass is 35.6. The van der Waals surface area contributed by atoms with Gasteiger partial charge >= 0.3 is 5.97 Å². The molecule has 0 bridgehead atoms. The summed E-state index contributed by atoms with van der Waals surface area (Å²) in [6.45, 7) is 5.41. The number of ether oxygens (including phenoxy) is 1. The van der Waals surface area contributed by atoms with Crippen LogP contribution in [0, 0.1) is 5.92 Å². The summed E-state index contributed by atoms with van der Waals surface area (Å²) in [5.41, 5.74) is 1.88. The lowest BCUT2D eigenvalue weighted by Gasteiger charge is -2.28. The van der Waals surface area contributed by atoms with Crippen LogP contribution in [0.3, 0.4) is 0 Å². The molecule has 2 rings (SSSR count). The van der Waals surface area contributed by atoms with Crippen LogP contribution in [-0.4, -0.2) is 28.4 Å². The van der Waals surface area contributed by atoms with Crippen molar-refractivity contribution in [3.63, 3.8) is 0 Å². The molecule has 9 heteroatoms. The Bertz CT molecular complexity index is 820. The highest BCUT2D eigenvalue weighted by molar-refractivity contribution is 7.15. The van der Waals surface area contributed by atoms with Gasteiger partial charge in [0, 0.05) is 16.9 Å². The molecule has 1 heterocycles. The highest BCUT2D eigenvalue weighted by Crippen LogP contribution is 2.39. The molecule has 0 aliphatic heterocycles. The Balaban J connectivity index is 2.44. The van der Waals surface area contributed by atoms with E-state index in [-0.39, 0.29) is 18.4 Å². The normalized spacial score (nSPS) is 12.5. The second-order valence-corrected chi connectivity index (χ2v) is 9.47. The summed E-state index contributed by atoms with van der Waals surface area (Å²) in [4.78, 5) is 24.8. The molecule has 2 N–H and O–H groups in total. The van der Waals surface area contributed by atoms with E-state index in [0.717, 1.165) is 5.56 Å². The molecule has 0 fully saturated rings. The second-order valence-electron chi connectivity index (χ2n) is 6.22. The number of carbonyl (C=O) groups excluding carboxylic acids is 2. The molecule has 1 amide bonds. The van der Waals surface area contributed by atoms with Gasteiger partial charge in [0.05, 0.1) is 6.61 Å². The summed E-state index contributed by atoms with van der Waals surface area (Å²) in [5, 5.41) is 7.92. The Kier molecular flexibility index (Phi) is 8.01. The van der Waals surface area contributed by atoms with Crippen LogP contribution in [0.5, 0.6) is 0 Å². The molecule has 1 atom stereocenters. The summed E-state index contributed by atoms with van der Waals surface area (Å²) in [5.74, 6) is -1.09. The summed E-state index contributed by atoms with van der Waals surface area (Å²) in [6, 6.07) is 9.42. The number of anilines is 1. The van der Waals surface area contributed by atoms with E-state index in [0.29, 0.717) is 16.1 Å². The fourth-order valence-corrected chi connectivity index (χ4v) is 3.65. The molecular weight excluding hydrogens is 443 g/mol. The van der Waals surface area contributed by atoms with Crippen molar-refractivity contribution in [2.24, 2.45) is 5.92 Å². The van der Waals surface area contributed by atoms with E-state index in [1.165, 1.54) is 11.3 Å². The van der Waals surface area contributed by atoms with Gasteiger partial charge in [0.15, 0.2) is 0 Å². The van der Waals surface area contributed by atoms with Crippen molar-refractivity contribution in [2.45, 2.75) is 30.7 Å². The van der Waals surface area contributed by atoms with E-state index in [9.17, 15) is 9.59 Å². The van der Waals surface area contributed by atoms with E-state index < -0.39 is 15.9 Å². The summed E-state index contributed by atoms with van der Waals surface area (Å²) < 4.78 is 3.38. The third kappa shape index (κ3) is 5.77. The fourth-order valence-electron chi connectivity index (χ4n) is 2.34. The monoisotopic (exact) mass is 462 g/mol. The quantitative estimate of drug-likeness (QED) is 0.324. The number of thiophene rings is 1. The smallest absolute Gasteiger partial charge is 0.341 e. The van der Waals surface area contributed by atoms with Gasteiger partial charge in [-0.3, -0.25) is 4.79 Å². The number of hydrogen-bond acceptors (Lipinski definition) is 5. The van der Waals surface area contributed by atoms with Crippen molar-refractivity contribution >= 4 is 63.0 Å². The first-order valence-corrected chi connectivity index (χ1v) is 10.6. The zero-order chi connectivity index (χ0) is 20.9. The molecule has 28 heavy (non-hydrogen) atoms. The zero-order valence-electron chi connectivity index (χ0n) is 15.6. The number of rotatable bonds is 7. The first-order valence-electron chi connectivity index (χ1n) is 8.62. The van der Waals surface area contributed by atoms with Crippen LogP contribution in [0.1, 0.15) is 31.1 Å². The molecular formula is C19H21Cl3N2O3S. The van der Waals surface area contributed by atoms with Crippen LogP contribution < -0.4 is 10.6 Å². The van der Waals surface area contributed by atoms with Crippen molar-refractivity contribution in [1.29, 1.82) is 0 Å². The summed E-state index contributed by atoms with van der Waals surface area (Å²) in [7, 11) is 0. The van der Waals surface area contributed by atoms with E-state index in [4.69, 9.17) is 39.5 Å². The largest absolute Gasteiger partial charge is 0.462 e. The van der Waals surface area contributed by atoms with Gasteiger partial charge in [-0.25, -0.2) is 4.79 Å². The van der Waals surface area contributed by atoms with Crippen molar-refractivity contribution in [2.75, 3.05) is 11.9 Å². The van der Waals surface area contributed by atoms with Gasteiger partial charge in [-0.1, -0.05) is 79.0 Å². The number of alkyl halides is 3. The Hall–Kier alpha value is -1.47. The summed E-state index contributed by atoms with van der Waals surface area (Å²) in [6.07, 6.45) is -1.04. The van der Waals surface area contributed by atoms with Crippen LogP contribution in [-0.2, 0) is 9.53 Å². The third-order valence-corrected chi connectivity index (χ3v) is 5.33. The molecule has 0 unspecified atom stereocenters. The molecule has 0 radical (unpaired) electrons. The molecule has 0 spiro atoms. The van der Waals surface area contributed by atoms with Crippen molar-refractivity contribution in [1.82, 2.24) is 5.32 Å². The maximum absolute atomic E-state index is 12.6. The number of carbonyl (C=O) groups is 2. The highest BCUT2D eigenvalue weighted by Gasteiger charge is 2.36. The third-order valence-electron chi connectivity index (χ3n) is 3.77. The molecule has 0 saturated carbocycles. The lowest BCUT2D eigenvalue weighted by Crippen LogP contribution is -2.50. The first-order chi connectivity index (χ1) is 13.1. The Morgan fingerprint density at radius 2 is 1.82 bits per heavy atom. The number of halogens is 3. The lowest BCUT2D eigenvalue weighted by atomic mass is 10.0. The lowest BCUT2D eigenvalue weighted by molar-refractivity contribution is -0.124. The number of amides is 1. The second kappa shape index (κ2) is 9.83. The van der Waals surface area contributed by atoms with Crippen LogP contribution in [0.4, 0.5) is 5.00 Å². The minimum Gasteiger partial charge on any atom is -0.462 e. The van der Waals surface area contributed by atoms with Crippen LogP contribution >= 0.6 is 46.1 Å². The molecule has 0 aliphatic carbocycles. The molecule has 0 saturated heterocycles. The maximum atomic E-state index is 12.6. The van der Waals surface area contributed by atoms with E-state index in [2.05, 4.69) is 10.6 Å².